The van der Waals surface area contributed by atoms with E-state index in [1.165, 1.54) is 11.4 Å². The van der Waals surface area contributed by atoms with Crippen molar-refractivity contribution in [3.05, 3.63) is 27.4 Å². The summed E-state index contributed by atoms with van der Waals surface area (Å²) in [5.41, 5.74) is 1.67. The van der Waals surface area contributed by atoms with Gasteiger partial charge >= 0.3 is 10.2 Å². The minimum absolute atomic E-state index is 0.143. The number of nitrogens with one attached hydrogen (secondary N) is 4. The highest BCUT2D eigenvalue weighted by Gasteiger charge is 2.34. The van der Waals surface area contributed by atoms with Crippen LogP contribution in [-0.4, -0.2) is 50.3 Å². The number of hydrogen-bond acceptors (Lipinski definition) is 4. The summed E-state index contributed by atoms with van der Waals surface area (Å²) in [7, 11) is -2.23. The van der Waals surface area contributed by atoms with E-state index in [4.69, 9.17) is 23.2 Å². The first-order valence-electron chi connectivity index (χ1n) is 9.05. The van der Waals surface area contributed by atoms with E-state index in [0.717, 1.165) is 31.5 Å². The van der Waals surface area contributed by atoms with Gasteiger partial charge < -0.3 is 15.6 Å². The maximum atomic E-state index is 12.9. The number of anilines is 1. The Kier molecular flexibility index (Phi) is 5.22. The van der Waals surface area contributed by atoms with E-state index >= 15 is 0 Å². The number of fused-ring (bicyclic) bond motifs is 3. The number of rotatable bonds is 3. The predicted octanol–water partition coefficient (Wildman–Crippen LogP) is 2.31. The summed E-state index contributed by atoms with van der Waals surface area (Å²) < 4.78 is 29.8. The van der Waals surface area contributed by atoms with Crippen LogP contribution >= 0.6 is 23.2 Å². The molecule has 0 radical (unpaired) electrons. The summed E-state index contributed by atoms with van der Waals surface area (Å²) >= 11 is 12.8. The molecule has 4 N–H and O–H groups in total. The molecule has 0 aliphatic carbocycles. The van der Waals surface area contributed by atoms with Gasteiger partial charge in [0.25, 0.3) is 5.91 Å². The molecule has 1 saturated heterocycles. The molecule has 3 heterocycles. The van der Waals surface area contributed by atoms with Crippen molar-refractivity contribution in [3.63, 3.8) is 0 Å². The van der Waals surface area contributed by atoms with Crippen LogP contribution in [0.1, 0.15) is 28.9 Å². The maximum absolute atomic E-state index is 12.9. The standard InChI is InChI=1S/C17H21Cl2N5O3S/c1-20-17(25)16-13(19)12-11(18)5-10-8-24(7-9-3-2-4-21-6-9)28(26,27)23-14(10)15(12)22-16/h5,9,21-23H,2-4,6-8H2,1H3,(H,20,25). The molecule has 0 saturated carbocycles. The molecule has 11 heteroatoms. The summed E-state index contributed by atoms with van der Waals surface area (Å²) in [5.74, 6) is -0.137. The minimum atomic E-state index is -3.72. The largest absolute Gasteiger partial charge is 0.354 e. The van der Waals surface area contributed by atoms with Crippen molar-refractivity contribution in [2.24, 2.45) is 5.92 Å². The number of H-pyrrole nitrogens is 1. The van der Waals surface area contributed by atoms with E-state index in [0.29, 0.717) is 28.2 Å². The maximum Gasteiger partial charge on any atom is 0.302 e. The van der Waals surface area contributed by atoms with Crippen molar-refractivity contribution in [2.75, 3.05) is 31.4 Å². The third-order valence-electron chi connectivity index (χ3n) is 5.28. The first-order chi connectivity index (χ1) is 13.3. The van der Waals surface area contributed by atoms with Gasteiger partial charge in [-0.3, -0.25) is 9.52 Å². The van der Waals surface area contributed by atoms with Crippen molar-refractivity contribution in [3.8, 4) is 0 Å². The van der Waals surface area contributed by atoms with Gasteiger partial charge in [0.2, 0.25) is 0 Å². The van der Waals surface area contributed by atoms with Crippen LogP contribution in [0.2, 0.25) is 10.0 Å². The van der Waals surface area contributed by atoms with Crippen molar-refractivity contribution in [1.29, 1.82) is 0 Å². The molecule has 0 spiro atoms. The summed E-state index contributed by atoms with van der Waals surface area (Å²) in [6.45, 7) is 2.43. The van der Waals surface area contributed by atoms with Gasteiger partial charge in [-0.2, -0.15) is 12.7 Å². The fourth-order valence-electron chi connectivity index (χ4n) is 3.87. The van der Waals surface area contributed by atoms with Crippen LogP contribution in [0.4, 0.5) is 5.69 Å². The molecule has 0 bridgehead atoms. The molecular formula is C17H21Cl2N5O3S. The number of benzene rings is 1. The molecule has 2 aliphatic heterocycles. The molecule has 1 amide bonds. The molecule has 152 valence electrons. The Balaban J connectivity index is 1.76. The number of hydrogen-bond donors (Lipinski definition) is 4. The van der Waals surface area contributed by atoms with E-state index in [1.807, 2.05) is 0 Å². The van der Waals surface area contributed by atoms with E-state index < -0.39 is 16.1 Å². The zero-order valence-electron chi connectivity index (χ0n) is 15.2. The monoisotopic (exact) mass is 445 g/mol. The number of piperidine rings is 1. The zero-order valence-corrected chi connectivity index (χ0v) is 17.6. The lowest BCUT2D eigenvalue weighted by molar-refractivity contribution is 0.0959. The summed E-state index contributed by atoms with van der Waals surface area (Å²) in [6.07, 6.45) is 2.03. The second kappa shape index (κ2) is 7.38. The molecule has 1 aromatic carbocycles. The van der Waals surface area contributed by atoms with Gasteiger partial charge in [-0.1, -0.05) is 23.2 Å². The van der Waals surface area contributed by atoms with Crippen LogP contribution in [0, 0.1) is 5.92 Å². The van der Waals surface area contributed by atoms with Crippen LogP contribution in [0.15, 0.2) is 6.07 Å². The summed E-state index contributed by atoms with van der Waals surface area (Å²) in [5, 5.41) is 6.76. The highest BCUT2D eigenvalue weighted by atomic mass is 35.5. The average Bonchev–Trinajstić information content (AvgIpc) is 3.02. The normalized spacial score (nSPS) is 21.9. The van der Waals surface area contributed by atoms with E-state index in [2.05, 4.69) is 20.3 Å². The van der Waals surface area contributed by atoms with Gasteiger partial charge in [0.15, 0.2) is 0 Å². The molecule has 2 aromatic rings. The Bertz CT molecular complexity index is 1050. The highest BCUT2D eigenvalue weighted by Crippen LogP contribution is 2.42. The number of carbonyl (C=O) groups is 1. The molecule has 28 heavy (non-hydrogen) atoms. The first kappa shape index (κ1) is 19.8. The first-order valence-corrected chi connectivity index (χ1v) is 11.2. The molecule has 1 atom stereocenters. The number of amides is 1. The Labute approximate surface area is 173 Å². The fraction of sp³-hybridized carbons (Fsp3) is 0.471. The van der Waals surface area contributed by atoms with Crippen LogP contribution < -0.4 is 15.4 Å². The fourth-order valence-corrected chi connectivity index (χ4v) is 5.90. The lowest BCUT2D eigenvalue weighted by atomic mass is 9.99. The smallest absolute Gasteiger partial charge is 0.302 e. The molecule has 1 fully saturated rings. The summed E-state index contributed by atoms with van der Waals surface area (Å²) in [4.78, 5) is 15.0. The topological polar surface area (TPSA) is 106 Å². The molecule has 1 aromatic heterocycles. The van der Waals surface area contributed by atoms with Crippen LogP contribution in [0.25, 0.3) is 10.9 Å². The minimum Gasteiger partial charge on any atom is -0.354 e. The van der Waals surface area contributed by atoms with Gasteiger partial charge in [0.05, 0.1) is 21.2 Å². The second-order valence-corrected chi connectivity index (χ2v) is 9.60. The third-order valence-corrected chi connectivity index (χ3v) is 7.38. The van der Waals surface area contributed by atoms with E-state index in [1.54, 1.807) is 6.07 Å². The molecular weight excluding hydrogens is 425 g/mol. The lowest BCUT2D eigenvalue weighted by Crippen LogP contribution is -2.45. The van der Waals surface area contributed by atoms with Crippen LogP contribution in [0.3, 0.4) is 0 Å². The predicted molar refractivity (Wildman–Crippen MR) is 110 cm³/mol. The number of nitrogens with zero attached hydrogens (tertiary/aromatic N) is 1. The van der Waals surface area contributed by atoms with Gasteiger partial charge in [0, 0.05) is 25.5 Å². The highest BCUT2D eigenvalue weighted by molar-refractivity contribution is 7.90. The molecule has 4 rings (SSSR count). The van der Waals surface area contributed by atoms with Gasteiger partial charge in [-0.25, -0.2) is 0 Å². The Hall–Kier alpha value is -1.52. The second-order valence-electron chi connectivity index (χ2n) is 7.15. The summed E-state index contributed by atoms with van der Waals surface area (Å²) in [6, 6.07) is 1.71. The van der Waals surface area contributed by atoms with Crippen molar-refractivity contribution < 1.29 is 13.2 Å². The Morgan fingerprint density at radius 1 is 1.39 bits per heavy atom. The number of aromatic nitrogens is 1. The van der Waals surface area contributed by atoms with E-state index in [-0.39, 0.29) is 23.2 Å². The van der Waals surface area contributed by atoms with Crippen molar-refractivity contribution >= 4 is 55.9 Å². The average molecular weight is 446 g/mol. The van der Waals surface area contributed by atoms with E-state index in [9.17, 15) is 13.2 Å². The van der Waals surface area contributed by atoms with Crippen molar-refractivity contribution in [2.45, 2.75) is 19.4 Å². The van der Waals surface area contributed by atoms with Gasteiger partial charge in [-0.05, 0) is 43.5 Å². The number of carbonyl (C=O) groups excluding carboxylic acids is 1. The quantitative estimate of drug-likeness (QED) is 0.581. The Morgan fingerprint density at radius 3 is 2.86 bits per heavy atom. The van der Waals surface area contributed by atoms with Crippen LogP contribution in [0.5, 0.6) is 0 Å². The third kappa shape index (κ3) is 3.35. The molecule has 1 unspecified atom stereocenters. The van der Waals surface area contributed by atoms with Crippen LogP contribution in [-0.2, 0) is 16.8 Å². The Morgan fingerprint density at radius 2 is 2.18 bits per heavy atom. The number of halogens is 2. The van der Waals surface area contributed by atoms with Crippen molar-refractivity contribution in [1.82, 2.24) is 19.9 Å². The zero-order chi connectivity index (χ0) is 20.1. The SMILES string of the molecule is CNC(=O)c1[nH]c2c3c(cc(Cl)c2c1Cl)CN(CC1CCCNC1)S(=O)(=O)N3. The lowest BCUT2D eigenvalue weighted by Gasteiger charge is -2.33. The van der Waals surface area contributed by atoms with Gasteiger partial charge in [-0.15, -0.1) is 0 Å². The molecule has 2 aliphatic rings. The molecule has 8 nitrogen and oxygen atoms in total. The number of aromatic amines is 1. The van der Waals surface area contributed by atoms with Gasteiger partial charge in [0.1, 0.15) is 5.69 Å².